The van der Waals surface area contributed by atoms with E-state index < -0.39 is 0 Å². The zero-order valence-electron chi connectivity index (χ0n) is 15.5. The van der Waals surface area contributed by atoms with Crippen LogP contribution in [0.1, 0.15) is 32.1 Å². The van der Waals surface area contributed by atoms with E-state index in [1.165, 1.54) is 16.9 Å². The topological polar surface area (TPSA) is 58.2 Å². The van der Waals surface area contributed by atoms with Crippen molar-refractivity contribution in [1.29, 1.82) is 0 Å². The van der Waals surface area contributed by atoms with Crippen LogP contribution in [0.3, 0.4) is 0 Å². The summed E-state index contributed by atoms with van der Waals surface area (Å²) in [6.45, 7) is 0.352. The fraction of sp³-hybridized carbons (Fsp3) is 0.217. The van der Waals surface area contributed by atoms with Crippen LogP contribution in [0.25, 0.3) is 0 Å². The van der Waals surface area contributed by atoms with Crippen LogP contribution in [0, 0.1) is 5.92 Å². The van der Waals surface area contributed by atoms with Gasteiger partial charge in [0.15, 0.2) is 0 Å². The molecule has 2 aromatic carbocycles. The highest BCUT2D eigenvalue weighted by Crippen LogP contribution is 2.24. The molecule has 0 spiro atoms. The van der Waals surface area contributed by atoms with Crippen LogP contribution in [-0.2, 0) is 17.6 Å². The predicted molar refractivity (Wildman–Crippen MR) is 113 cm³/mol. The number of anilines is 1. The van der Waals surface area contributed by atoms with Gasteiger partial charge in [0.2, 0.25) is 5.91 Å². The zero-order valence-corrected chi connectivity index (χ0v) is 16.3. The van der Waals surface area contributed by atoms with Gasteiger partial charge in [0.05, 0.1) is 10.8 Å². The van der Waals surface area contributed by atoms with Gasteiger partial charge in [-0.1, -0.05) is 48.5 Å². The van der Waals surface area contributed by atoms with E-state index in [1.54, 1.807) is 0 Å². The highest BCUT2D eigenvalue weighted by molar-refractivity contribution is 7.14. The first kappa shape index (κ1) is 18.4. The Morgan fingerprint density at radius 2 is 1.82 bits per heavy atom. The number of nitrogens with one attached hydrogen (secondary N) is 2. The summed E-state index contributed by atoms with van der Waals surface area (Å²) in [5.74, 6) is -0.361. The quantitative estimate of drug-likeness (QED) is 0.684. The van der Waals surface area contributed by atoms with Gasteiger partial charge in [-0.3, -0.25) is 9.59 Å². The summed E-state index contributed by atoms with van der Waals surface area (Å²) in [5, 5.41) is 5.92. The molecule has 3 aromatic rings. The monoisotopic (exact) mass is 390 g/mol. The molecule has 0 fully saturated rings. The lowest BCUT2D eigenvalue weighted by molar-refractivity contribution is -0.119. The number of para-hydroxylation sites is 1. The van der Waals surface area contributed by atoms with Crippen LogP contribution < -0.4 is 10.6 Å². The Bertz CT molecular complexity index is 981. The summed E-state index contributed by atoms with van der Waals surface area (Å²) < 4.78 is 0. The third-order valence-electron chi connectivity index (χ3n) is 5.02. The van der Waals surface area contributed by atoms with Crippen molar-refractivity contribution < 1.29 is 9.59 Å². The average molecular weight is 391 g/mol. The van der Waals surface area contributed by atoms with E-state index >= 15 is 0 Å². The number of fused-ring (bicyclic) bond motifs is 1. The molecule has 4 rings (SSSR count). The molecule has 142 valence electrons. The molecular formula is C23H22N2O2S. The maximum absolute atomic E-state index is 12.5. The number of amides is 2. The van der Waals surface area contributed by atoms with Crippen molar-refractivity contribution in [2.45, 2.75) is 19.3 Å². The van der Waals surface area contributed by atoms with Crippen molar-refractivity contribution in [1.82, 2.24) is 5.32 Å². The second kappa shape index (κ2) is 8.40. The molecule has 1 aliphatic heterocycles. The molecular weight excluding hydrogens is 368 g/mol. The van der Waals surface area contributed by atoms with Crippen molar-refractivity contribution in [2.75, 3.05) is 11.9 Å². The van der Waals surface area contributed by atoms with Crippen LogP contribution in [0.4, 0.5) is 5.69 Å². The van der Waals surface area contributed by atoms with Crippen molar-refractivity contribution in [2.24, 2.45) is 5.92 Å². The molecule has 28 heavy (non-hydrogen) atoms. The van der Waals surface area contributed by atoms with E-state index in [4.69, 9.17) is 0 Å². The highest BCUT2D eigenvalue weighted by Gasteiger charge is 2.24. The van der Waals surface area contributed by atoms with Gasteiger partial charge in [0.1, 0.15) is 0 Å². The second-order valence-corrected chi connectivity index (χ2v) is 8.19. The number of aryl methyl sites for hydroxylation is 1. The molecule has 0 aliphatic carbocycles. The molecule has 0 bridgehead atoms. The van der Waals surface area contributed by atoms with Gasteiger partial charge in [-0.25, -0.2) is 0 Å². The molecule has 2 N–H and O–H groups in total. The molecule has 2 amide bonds. The first-order chi connectivity index (χ1) is 13.7. The Kier molecular flexibility index (Phi) is 5.53. The lowest BCUT2D eigenvalue weighted by Gasteiger charge is -2.13. The number of thiophene rings is 1. The molecule has 1 aromatic heterocycles. The zero-order chi connectivity index (χ0) is 19.3. The van der Waals surface area contributed by atoms with E-state index in [-0.39, 0.29) is 17.7 Å². The van der Waals surface area contributed by atoms with Crippen LogP contribution in [-0.4, -0.2) is 18.4 Å². The Balaban J connectivity index is 1.34. The van der Waals surface area contributed by atoms with Gasteiger partial charge >= 0.3 is 0 Å². The van der Waals surface area contributed by atoms with Gasteiger partial charge in [0.25, 0.3) is 5.91 Å². The van der Waals surface area contributed by atoms with Crippen molar-refractivity contribution in [3.63, 3.8) is 0 Å². The first-order valence-corrected chi connectivity index (χ1v) is 10.3. The van der Waals surface area contributed by atoms with Crippen LogP contribution in [0.5, 0.6) is 0 Å². The molecule has 5 heteroatoms. The summed E-state index contributed by atoms with van der Waals surface area (Å²) >= 11 is 1.50. The van der Waals surface area contributed by atoms with Gasteiger partial charge in [-0.15, -0.1) is 11.3 Å². The predicted octanol–water partition coefficient (Wildman–Crippen LogP) is 4.27. The van der Waals surface area contributed by atoms with E-state index in [1.807, 2.05) is 54.6 Å². The van der Waals surface area contributed by atoms with Crippen molar-refractivity contribution >= 4 is 28.8 Å². The average Bonchev–Trinajstić information content (AvgIpc) is 3.11. The van der Waals surface area contributed by atoms with Crippen LogP contribution in [0.2, 0.25) is 0 Å². The normalized spacial score (nSPS) is 16.0. The molecule has 4 nitrogen and oxygen atoms in total. The number of hydrogen-bond acceptors (Lipinski definition) is 3. The van der Waals surface area contributed by atoms with E-state index in [2.05, 4.69) is 22.8 Å². The van der Waals surface area contributed by atoms with Gasteiger partial charge in [0, 0.05) is 23.5 Å². The maximum atomic E-state index is 12.5. The lowest BCUT2D eigenvalue weighted by Crippen LogP contribution is -2.34. The van der Waals surface area contributed by atoms with Gasteiger partial charge < -0.3 is 10.6 Å². The Labute approximate surface area is 168 Å². The number of hydrogen-bond donors (Lipinski definition) is 2. The number of rotatable bonds is 5. The second-order valence-electron chi connectivity index (χ2n) is 7.02. The van der Waals surface area contributed by atoms with Gasteiger partial charge in [-0.2, -0.15) is 0 Å². The maximum Gasteiger partial charge on any atom is 0.261 e. The summed E-state index contributed by atoms with van der Waals surface area (Å²) in [6, 6.07) is 21.9. The third-order valence-corrected chi connectivity index (χ3v) is 6.11. The van der Waals surface area contributed by atoms with E-state index in [0.29, 0.717) is 11.4 Å². The number of carbonyl (C=O) groups is 2. The SMILES string of the molecule is O=C(NCC1CCc2ccccc2NC1=O)c1ccc(Cc2ccccc2)s1. The minimum atomic E-state index is -0.222. The summed E-state index contributed by atoms with van der Waals surface area (Å²) in [5.41, 5.74) is 3.25. The van der Waals surface area contributed by atoms with E-state index in [0.717, 1.165) is 35.4 Å². The summed E-state index contributed by atoms with van der Waals surface area (Å²) in [6.07, 6.45) is 2.38. The molecule has 2 heterocycles. The smallest absolute Gasteiger partial charge is 0.261 e. The van der Waals surface area contributed by atoms with Crippen molar-refractivity contribution in [3.8, 4) is 0 Å². The van der Waals surface area contributed by atoms with Crippen molar-refractivity contribution in [3.05, 3.63) is 87.6 Å². The largest absolute Gasteiger partial charge is 0.351 e. The standard InChI is InChI=1S/C23H22N2O2S/c26-22-18(11-10-17-8-4-5-9-20(17)25-22)15-24-23(27)21-13-12-19(28-21)14-16-6-2-1-3-7-16/h1-9,12-13,18H,10-11,14-15H2,(H,24,27)(H,25,26). The van der Waals surface area contributed by atoms with Gasteiger partial charge in [-0.05, 0) is 42.2 Å². The first-order valence-electron chi connectivity index (χ1n) is 9.48. The number of carbonyl (C=O) groups excluding carboxylic acids is 2. The molecule has 0 saturated heterocycles. The summed E-state index contributed by atoms with van der Waals surface area (Å²) in [4.78, 5) is 26.8. The molecule has 1 aliphatic rings. The summed E-state index contributed by atoms with van der Waals surface area (Å²) in [7, 11) is 0. The minimum absolute atomic E-state index is 0.0267. The minimum Gasteiger partial charge on any atom is -0.351 e. The molecule has 1 atom stereocenters. The molecule has 1 unspecified atom stereocenters. The van der Waals surface area contributed by atoms with Crippen LogP contribution >= 0.6 is 11.3 Å². The Morgan fingerprint density at radius 1 is 1.04 bits per heavy atom. The fourth-order valence-electron chi connectivity index (χ4n) is 3.45. The Hall–Kier alpha value is -2.92. The molecule has 0 saturated carbocycles. The van der Waals surface area contributed by atoms with Crippen LogP contribution in [0.15, 0.2) is 66.7 Å². The van der Waals surface area contributed by atoms with E-state index in [9.17, 15) is 9.59 Å². The molecule has 0 radical (unpaired) electrons. The Morgan fingerprint density at radius 3 is 2.68 bits per heavy atom. The number of benzene rings is 2. The fourth-order valence-corrected chi connectivity index (χ4v) is 4.40. The third kappa shape index (κ3) is 4.31. The lowest BCUT2D eigenvalue weighted by atomic mass is 10.0. The highest BCUT2D eigenvalue weighted by atomic mass is 32.1.